The first kappa shape index (κ1) is 75.1. The van der Waals surface area contributed by atoms with Gasteiger partial charge in [-0.15, -0.1) is 0 Å². The fourth-order valence-electron chi connectivity index (χ4n) is 9.24. The van der Waals surface area contributed by atoms with Crippen LogP contribution in [0.25, 0.3) is 0 Å². The van der Waals surface area contributed by atoms with Crippen LogP contribution in [0.15, 0.2) is 109 Å². The van der Waals surface area contributed by atoms with Gasteiger partial charge in [0.2, 0.25) is 0 Å². The standard InChI is InChI=1S/C73H124O6/c1-4-7-10-13-16-19-22-25-27-29-31-33-35-36-38-39-41-43-45-48-51-54-57-60-63-66-72(75)78-69-70(68-77-71(74)65-62-59-56-53-50-47-24-21-18-15-12-9-6-3)79-73(76)67-64-61-58-55-52-49-46-44-42-40-37-34-32-30-28-26-23-20-17-14-11-8-5-2/h8,11-12,15,17,20-21,24,26,28-29,31-32,34,40,42,46,49,70H,4-7,9-10,13-14,16,18-19,22-23,25,27,30,33,35-39,41,43-45,47-48,50-69H2,1-3H3/b11-8-,15-12-,20-17-,24-21-,28-26-,31-29-,34-32-,42-40-,49-46-. The molecule has 1 unspecified atom stereocenters. The Bertz CT molecular complexity index is 1590. The average Bonchev–Trinajstić information content (AvgIpc) is 3.45. The first-order chi connectivity index (χ1) is 39.0. The zero-order valence-electron chi connectivity index (χ0n) is 51.9. The first-order valence-corrected chi connectivity index (χ1v) is 33.4. The summed E-state index contributed by atoms with van der Waals surface area (Å²) < 4.78 is 16.9. The molecule has 0 saturated heterocycles. The second-order valence-corrected chi connectivity index (χ2v) is 22.0. The van der Waals surface area contributed by atoms with Gasteiger partial charge in [-0.2, -0.15) is 0 Å². The van der Waals surface area contributed by atoms with Gasteiger partial charge in [-0.05, 0) is 122 Å². The van der Waals surface area contributed by atoms with Crippen molar-refractivity contribution in [3.8, 4) is 0 Å². The van der Waals surface area contributed by atoms with Crippen LogP contribution in [-0.2, 0) is 28.6 Å². The van der Waals surface area contributed by atoms with Crippen LogP contribution in [0.2, 0.25) is 0 Å². The molecule has 0 amide bonds. The number of esters is 3. The maximum absolute atomic E-state index is 12.9. The van der Waals surface area contributed by atoms with Crippen molar-refractivity contribution in [3.63, 3.8) is 0 Å². The van der Waals surface area contributed by atoms with Gasteiger partial charge in [0.25, 0.3) is 0 Å². The van der Waals surface area contributed by atoms with Crippen molar-refractivity contribution < 1.29 is 28.6 Å². The van der Waals surface area contributed by atoms with E-state index in [2.05, 4.69) is 130 Å². The lowest BCUT2D eigenvalue weighted by Crippen LogP contribution is -2.30. The molecule has 0 N–H and O–H groups in total. The predicted octanol–water partition coefficient (Wildman–Crippen LogP) is 23.0. The van der Waals surface area contributed by atoms with E-state index in [1.807, 2.05) is 0 Å². The van der Waals surface area contributed by atoms with Crippen molar-refractivity contribution in [1.82, 2.24) is 0 Å². The van der Waals surface area contributed by atoms with E-state index in [1.54, 1.807) is 0 Å². The monoisotopic (exact) mass is 1100 g/mol. The summed E-state index contributed by atoms with van der Waals surface area (Å²) in [6.45, 7) is 6.45. The minimum Gasteiger partial charge on any atom is -0.462 e. The molecule has 0 aromatic carbocycles. The summed E-state index contributed by atoms with van der Waals surface area (Å²) in [4.78, 5) is 38.3. The first-order valence-electron chi connectivity index (χ1n) is 33.4. The third-order valence-corrected chi connectivity index (χ3v) is 14.2. The highest BCUT2D eigenvalue weighted by Gasteiger charge is 2.19. The maximum Gasteiger partial charge on any atom is 0.306 e. The largest absolute Gasteiger partial charge is 0.462 e. The SMILES string of the molecule is CC/C=C\C/C=C\C/C=C\C/C=C\C/C=C\C/C=C\CCCCCCC(=O)OC(COC(=O)CCCCCCC/C=C\C/C=C\CCC)COC(=O)CCCCCCCCCCCCCCC/C=C\CCCCCCCCCC. The number of hydrogen-bond donors (Lipinski definition) is 0. The molecular formula is C73H124O6. The van der Waals surface area contributed by atoms with Crippen LogP contribution in [0.3, 0.4) is 0 Å². The molecule has 0 aliphatic carbocycles. The Labute approximate surface area is 489 Å². The Morgan fingerprint density at radius 3 is 0.835 bits per heavy atom. The van der Waals surface area contributed by atoms with E-state index in [9.17, 15) is 14.4 Å². The highest BCUT2D eigenvalue weighted by molar-refractivity contribution is 5.71. The number of hydrogen-bond acceptors (Lipinski definition) is 6. The Morgan fingerprint density at radius 2 is 0.519 bits per heavy atom. The fraction of sp³-hybridized carbons (Fsp3) is 0.712. The minimum absolute atomic E-state index is 0.0932. The quantitative estimate of drug-likeness (QED) is 0.0261. The van der Waals surface area contributed by atoms with Crippen LogP contribution in [0.4, 0.5) is 0 Å². The minimum atomic E-state index is -0.801. The molecule has 0 bridgehead atoms. The highest BCUT2D eigenvalue weighted by Crippen LogP contribution is 2.16. The summed E-state index contributed by atoms with van der Waals surface area (Å²) in [7, 11) is 0. The molecule has 0 heterocycles. The lowest BCUT2D eigenvalue weighted by molar-refractivity contribution is -0.167. The molecule has 0 rings (SSSR count). The van der Waals surface area contributed by atoms with Gasteiger partial charge in [0.05, 0.1) is 0 Å². The fourth-order valence-corrected chi connectivity index (χ4v) is 9.24. The van der Waals surface area contributed by atoms with E-state index in [1.165, 1.54) is 135 Å². The number of unbranched alkanes of at least 4 members (excludes halogenated alkanes) is 31. The van der Waals surface area contributed by atoms with E-state index in [0.29, 0.717) is 19.3 Å². The third-order valence-electron chi connectivity index (χ3n) is 14.2. The summed E-state index contributed by atoms with van der Waals surface area (Å²) in [6.07, 6.45) is 91.0. The lowest BCUT2D eigenvalue weighted by Gasteiger charge is -2.18. The molecule has 0 aromatic heterocycles. The summed E-state index contributed by atoms with van der Waals surface area (Å²) in [5, 5.41) is 0. The second kappa shape index (κ2) is 66.6. The van der Waals surface area contributed by atoms with Gasteiger partial charge in [-0.1, -0.05) is 284 Å². The number of ether oxygens (including phenoxy) is 3. The summed E-state index contributed by atoms with van der Waals surface area (Å²) in [5.74, 6) is -0.925. The maximum atomic E-state index is 12.9. The highest BCUT2D eigenvalue weighted by atomic mass is 16.6. The van der Waals surface area contributed by atoms with Gasteiger partial charge in [-0.25, -0.2) is 0 Å². The van der Waals surface area contributed by atoms with Gasteiger partial charge >= 0.3 is 17.9 Å². The van der Waals surface area contributed by atoms with E-state index < -0.39 is 6.10 Å². The predicted molar refractivity (Wildman–Crippen MR) is 343 cm³/mol. The second-order valence-electron chi connectivity index (χ2n) is 22.0. The molecule has 0 spiro atoms. The number of carbonyl (C=O) groups is 3. The van der Waals surface area contributed by atoms with Crippen LogP contribution in [0.1, 0.15) is 316 Å². The van der Waals surface area contributed by atoms with Crippen LogP contribution >= 0.6 is 0 Å². The van der Waals surface area contributed by atoms with Crippen molar-refractivity contribution in [3.05, 3.63) is 109 Å². The van der Waals surface area contributed by atoms with Gasteiger partial charge in [0, 0.05) is 19.3 Å². The molecule has 0 radical (unpaired) electrons. The van der Waals surface area contributed by atoms with Crippen LogP contribution in [0, 0.1) is 0 Å². The van der Waals surface area contributed by atoms with E-state index in [0.717, 1.165) is 141 Å². The van der Waals surface area contributed by atoms with Crippen LogP contribution in [-0.4, -0.2) is 37.2 Å². The van der Waals surface area contributed by atoms with Gasteiger partial charge in [-0.3, -0.25) is 14.4 Å². The molecule has 79 heavy (non-hydrogen) atoms. The number of carbonyl (C=O) groups excluding carboxylic acids is 3. The Balaban J connectivity index is 4.36. The Hall–Kier alpha value is -3.93. The number of rotatable bonds is 60. The molecule has 6 heteroatoms. The molecule has 0 aromatic rings. The van der Waals surface area contributed by atoms with E-state index in [-0.39, 0.29) is 31.1 Å². The van der Waals surface area contributed by atoms with Crippen LogP contribution < -0.4 is 0 Å². The Morgan fingerprint density at radius 1 is 0.266 bits per heavy atom. The van der Waals surface area contributed by atoms with Gasteiger partial charge in [0.1, 0.15) is 13.2 Å². The zero-order valence-corrected chi connectivity index (χ0v) is 51.9. The van der Waals surface area contributed by atoms with Crippen molar-refractivity contribution >= 4 is 17.9 Å². The summed E-state index contributed by atoms with van der Waals surface area (Å²) in [6, 6.07) is 0. The summed E-state index contributed by atoms with van der Waals surface area (Å²) in [5.41, 5.74) is 0. The molecule has 0 fully saturated rings. The average molecular weight is 1100 g/mol. The summed E-state index contributed by atoms with van der Waals surface area (Å²) >= 11 is 0. The van der Waals surface area contributed by atoms with Gasteiger partial charge in [0.15, 0.2) is 6.10 Å². The topological polar surface area (TPSA) is 78.9 Å². The van der Waals surface area contributed by atoms with E-state index >= 15 is 0 Å². The molecule has 1 atom stereocenters. The van der Waals surface area contributed by atoms with Crippen molar-refractivity contribution in [2.24, 2.45) is 0 Å². The molecule has 0 saturated carbocycles. The molecule has 0 aliphatic rings. The molecule has 0 aliphatic heterocycles. The molecule has 6 nitrogen and oxygen atoms in total. The van der Waals surface area contributed by atoms with Crippen molar-refractivity contribution in [1.29, 1.82) is 0 Å². The van der Waals surface area contributed by atoms with Crippen LogP contribution in [0.5, 0.6) is 0 Å². The lowest BCUT2D eigenvalue weighted by atomic mass is 10.0. The van der Waals surface area contributed by atoms with Crippen molar-refractivity contribution in [2.75, 3.05) is 13.2 Å². The smallest absolute Gasteiger partial charge is 0.306 e. The zero-order chi connectivity index (χ0) is 57.1. The van der Waals surface area contributed by atoms with Crippen molar-refractivity contribution in [2.45, 2.75) is 322 Å². The number of allylic oxidation sites excluding steroid dienone is 18. The molecular weight excluding hydrogens is 973 g/mol. The third kappa shape index (κ3) is 64.8. The molecule has 452 valence electrons. The van der Waals surface area contributed by atoms with Gasteiger partial charge < -0.3 is 14.2 Å². The van der Waals surface area contributed by atoms with E-state index in [4.69, 9.17) is 14.2 Å². The Kier molecular flexibility index (Phi) is 63.3. The normalized spacial score (nSPS) is 12.8.